The largest absolute Gasteiger partial charge is 0.497 e. The van der Waals surface area contributed by atoms with Gasteiger partial charge < -0.3 is 18.9 Å². The number of non-ortho nitro benzene ring substituents is 1. The summed E-state index contributed by atoms with van der Waals surface area (Å²) in [5.74, 6) is 1.89. The van der Waals surface area contributed by atoms with Gasteiger partial charge in [0.1, 0.15) is 17.5 Å². The Balaban J connectivity index is 1.73. The van der Waals surface area contributed by atoms with Gasteiger partial charge in [-0.2, -0.15) is 0 Å². The Morgan fingerprint density at radius 1 is 0.848 bits per heavy atom. The van der Waals surface area contributed by atoms with E-state index in [1.165, 1.54) is 31.3 Å². The van der Waals surface area contributed by atoms with Gasteiger partial charge in [0.15, 0.2) is 11.5 Å². The van der Waals surface area contributed by atoms with E-state index in [9.17, 15) is 14.9 Å². The summed E-state index contributed by atoms with van der Waals surface area (Å²) in [5, 5.41) is 11.3. The van der Waals surface area contributed by atoms with Crippen molar-refractivity contribution in [1.82, 2.24) is 0 Å². The molecule has 1 aliphatic rings. The van der Waals surface area contributed by atoms with Crippen LogP contribution in [0, 0.1) is 10.1 Å². The van der Waals surface area contributed by atoms with E-state index < -0.39 is 17.1 Å². The maximum absolute atomic E-state index is 13.2. The minimum Gasteiger partial charge on any atom is -0.497 e. The Labute approximate surface area is 190 Å². The summed E-state index contributed by atoms with van der Waals surface area (Å²) in [4.78, 5) is 25.4. The van der Waals surface area contributed by atoms with E-state index in [1.54, 1.807) is 55.6 Å². The maximum atomic E-state index is 13.2. The first-order valence-corrected chi connectivity index (χ1v) is 10.1. The van der Waals surface area contributed by atoms with E-state index in [0.29, 0.717) is 28.7 Å². The number of carbonyl (C=O) groups excluding carboxylic acids is 1. The molecule has 1 heterocycles. The number of nitro groups is 1. The maximum Gasteiger partial charge on any atom is 0.271 e. The lowest BCUT2D eigenvalue weighted by molar-refractivity contribution is -0.384. The van der Waals surface area contributed by atoms with Crippen LogP contribution in [-0.4, -0.2) is 38.3 Å². The third kappa shape index (κ3) is 4.12. The summed E-state index contributed by atoms with van der Waals surface area (Å²) >= 11 is 0. The second kappa shape index (κ2) is 9.07. The Kier molecular flexibility index (Phi) is 6.03. The average Bonchev–Trinajstić information content (AvgIpc) is 2.85. The lowest BCUT2D eigenvalue weighted by Gasteiger charge is -2.46. The second-order valence-electron chi connectivity index (χ2n) is 7.26. The lowest BCUT2D eigenvalue weighted by atomic mass is 9.89. The number of amides is 1. The van der Waals surface area contributed by atoms with Crippen molar-refractivity contribution < 1.29 is 28.7 Å². The Bertz CT molecular complexity index is 1180. The van der Waals surface area contributed by atoms with Crippen LogP contribution in [0.2, 0.25) is 0 Å². The highest BCUT2D eigenvalue weighted by atomic mass is 16.6. The summed E-state index contributed by atoms with van der Waals surface area (Å²) in [5.41, 5.74) is 1.03. The fourth-order valence-electron chi connectivity index (χ4n) is 3.78. The molecule has 0 aliphatic carbocycles. The molecule has 33 heavy (non-hydrogen) atoms. The molecule has 2 atom stereocenters. The zero-order valence-electron chi connectivity index (χ0n) is 18.3. The van der Waals surface area contributed by atoms with Gasteiger partial charge in [0.25, 0.3) is 11.6 Å². The number of hydrogen-bond donors (Lipinski definition) is 0. The van der Waals surface area contributed by atoms with Crippen LogP contribution >= 0.6 is 0 Å². The Morgan fingerprint density at radius 3 is 2.18 bits per heavy atom. The van der Waals surface area contributed by atoms with E-state index in [1.807, 2.05) is 6.07 Å². The summed E-state index contributed by atoms with van der Waals surface area (Å²) in [6.07, 6.45) is -0.837. The Morgan fingerprint density at radius 2 is 1.55 bits per heavy atom. The van der Waals surface area contributed by atoms with Crippen LogP contribution in [0.15, 0.2) is 66.7 Å². The first-order valence-electron chi connectivity index (χ1n) is 10.1. The minimum absolute atomic E-state index is 0.106. The summed E-state index contributed by atoms with van der Waals surface area (Å²) < 4.78 is 21.9. The van der Waals surface area contributed by atoms with E-state index in [-0.39, 0.29) is 11.6 Å². The quantitative estimate of drug-likeness (QED) is 0.289. The van der Waals surface area contributed by atoms with Crippen molar-refractivity contribution in [1.29, 1.82) is 0 Å². The van der Waals surface area contributed by atoms with Crippen LogP contribution in [-0.2, 0) is 4.79 Å². The van der Waals surface area contributed by atoms with Crippen molar-refractivity contribution in [2.45, 2.75) is 12.1 Å². The van der Waals surface area contributed by atoms with Gasteiger partial charge in [0.05, 0.1) is 31.9 Å². The molecule has 0 saturated carbocycles. The van der Waals surface area contributed by atoms with Gasteiger partial charge in [-0.1, -0.05) is 12.1 Å². The molecule has 170 valence electrons. The number of benzene rings is 3. The molecule has 0 bridgehead atoms. The van der Waals surface area contributed by atoms with Gasteiger partial charge in [0.2, 0.25) is 6.10 Å². The summed E-state index contributed by atoms with van der Waals surface area (Å²) in [6, 6.07) is 17.6. The number of ether oxygens (including phenoxy) is 4. The number of nitro benzene ring substituents is 1. The smallest absolute Gasteiger partial charge is 0.271 e. The van der Waals surface area contributed by atoms with Crippen molar-refractivity contribution in [3.05, 3.63) is 82.4 Å². The molecule has 0 aromatic heterocycles. The van der Waals surface area contributed by atoms with Crippen LogP contribution in [0.25, 0.3) is 0 Å². The number of carbonyl (C=O) groups is 1. The summed E-state index contributed by atoms with van der Waals surface area (Å²) in [7, 11) is 4.63. The van der Waals surface area contributed by atoms with E-state index in [0.717, 1.165) is 5.56 Å². The molecule has 1 aliphatic heterocycles. The molecule has 4 rings (SSSR count). The molecule has 3 aromatic rings. The van der Waals surface area contributed by atoms with Gasteiger partial charge in [0, 0.05) is 12.1 Å². The van der Waals surface area contributed by atoms with Crippen molar-refractivity contribution in [3.63, 3.8) is 0 Å². The molecular formula is C24H22N2O7. The van der Waals surface area contributed by atoms with Crippen molar-refractivity contribution in [2.75, 3.05) is 26.2 Å². The SMILES string of the molecule is COc1ccc(O[C@H]2C(=O)N(c3cccc([N+](=O)[O-])c3)[C@@H]2c2ccc(OC)c(OC)c2)cc1. The molecule has 0 N–H and O–H groups in total. The number of anilines is 1. The molecule has 1 saturated heterocycles. The highest BCUT2D eigenvalue weighted by molar-refractivity contribution is 6.05. The minimum atomic E-state index is -0.837. The van der Waals surface area contributed by atoms with Gasteiger partial charge in [-0.05, 0) is 48.0 Å². The molecule has 0 spiro atoms. The first kappa shape index (κ1) is 21.9. The zero-order chi connectivity index (χ0) is 23.5. The lowest BCUT2D eigenvalue weighted by Crippen LogP contribution is -2.61. The first-order chi connectivity index (χ1) is 16.0. The van der Waals surface area contributed by atoms with Crippen LogP contribution in [0.3, 0.4) is 0 Å². The highest BCUT2D eigenvalue weighted by Gasteiger charge is 2.51. The predicted molar refractivity (Wildman–Crippen MR) is 120 cm³/mol. The van der Waals surface area contributed by atoms with E-state index in [2.05, 4.69) is 0 Å². The third-order valence-electron chi connectivity index (χ3n) is 5.44. The third-order valence-corrected chi connectivity index (χ3v) is 5.44. The highest BCUT2D eigenvalue weighted by Crippen LogP contribution is 2.44. The van der Waals surface area contributed by atoms with Crippen molar-refractivity contribution >= 4 is 17.3 Å². The monoisotopic (exact) mass is 450 g/mol. The van der Waals surface area contributed by atoms with Crippen LogP contribution < -0.4 is 23.8 Å². The molecule has 9 heteroatoms. The predicted octanol–water partition coefficient (Wildman–Crippen LogP) is 4.16. The molecular weight excluding hydrogens is 428 g/mol. The fraction of sp³-hybridized carbons (Fsp3) is 0.208. The van der Waals surface area contributed by atoms with Gasteiger partial charge in [-0.25, -0.2) is 0 Å². The number of nitrogens with zero attached hydrogens (tertiary/aromatic N) is 2. The number of rotatable bonds is 8. The van der Waals surface area contributed by atoms with Crippen molar-refractivity contribution in [2.24, 2.45) is 0 Å². The fourth-order valence-corrected chi connectivity index (χ4v) is 3.78. The van der Waals surface area contributed by atoms with Gasteiger partial charge in [-0.3, -0.25) is 19.8 Å². The number of methoxy groups -OCH3 is 3. The molecule has 0 radical (unpaired) electrons. The van der Waals surface area contributed by atoms with E-state index >= 15 is 0 Å². The summed E-state index contributed by atoms with van der Waals surface area (Å²) in [6.45, 7) is 0. The van der Waals surface area contributed by atoms with Crippen LogP contribution in [0.5, 0.6) is 23.0 Å². The van der Waals surface area contributed by atoms with E-state index in [4.69, 9.17) is 18.9 Å². The molecule has 0 unspecified atom stereocenters. The second-order valence-corrected chi connectivity index (χ2v) is 7.26. The molecule has 1 fully saturated rings. The van der Waals surface area contributed by atoms with Gasteiger partial charge in [-0.15, -0.1) is 0 Å². The topological polar surface area (TPSA) is 100 Å². The molecule has 9 nitrogen and oxygen atoms in total. The number of β-lactam (4-membered cyclic amide) rings is 1. The molecule has 3 aromatic carbocycles. The zero-order valence-corrected chi connectivity index (χ0v) is 18.3. The van der Waals surface area contributed by atoms with Crippen LogP contribution in [0.1, 0.15) is 11.6 Å². The average molecular weight is 450 g/mol. The number of hydrogen-bond acceptors (Lipinski definition) is 7. The Hall–Kier alpha value is -4.27. The van der Waals surface area contributed by atoms with Crippen molar-refractivity contribution in [3.8, 4) is 23.0 Å². The molecule has 1 amide bonds. The standard InChI is InChI=1S/C24H22N2O7/c1-30-18-8-10-19(11-9-18)33-23-22(15-7-12-20(31-2)21(13-15)32-3)25(24(23)27)16-5-4-6-17(14-16)26(28)29/h4-14,22-23H,1-3H3/t22-,23-/m1/s1. The van der Waals surface area contributed by atoms with Gasteiger partial charge >= 0.3 is 0 Å². The van der Waals surface area contributed by atoms with Crippen LogP contribution in [0.4, 0.5) is 11.4 Å². The normalized spacial score (nSPS) is 17.2.